The first-order valence-corrected chi connectivity index (χ1v) is 8.11. The summed E-state index contributed by atoms with van der Waals surface area (Å²) in [6.07, 6.45) is 4.29. The number of aromatic nitrogens is 2. The summed E-state index contributed by atoms with van der Waals surface area (Å²) >= 11 is 0. The second-order valence-corrected chi connectivity index (χ2v) is 6.33. The van der Waals surface area contributed by atoms with E-state index < -0.39 is 0 Å². The predicted octanol–water partition coefficient (Wildman–Crippen LogP) is 2.81. The van der Waals surface area contributed by atoms with Gasteiger partial charge in [0.1, 0.15) is 17.3 Å². The fraction of sp³-hybridized carbons (Fsp3) is 0.529. The number of carbonyl (C=O) groups is 1. The number of urea groups is 1. The number of nitrogens with zero attached hydrogens (tertiary/aromatic N) is 3. The first-order chi connectivity index (χ1) is 11.0. The van der Waals surface area contributed by atoms with Crippen LogP contribution in [0.4, 0.5) is 4.79 Å². The lowest BCUT2D eigenvalue weighted by Gasteiger charge is -2.25. The van der Waals surface area contributed by atoms with Crippen LogP contribution in [0.2, 0.25) is 0 Å². The van der Waals surface area contributed by atoms with E-state index in [2.05, 4.69) is 21.1 Å². The topological polar surface area (TPSA) is 63.3 Å². The van der Waals surface area contributed by atoms with Gasteiger partial charge in [-0.05, 0) is 38.8 Å². The SMILES string of the molecule is Cc1cn2c(n1)C(CNC(=O)N(C)Cc1ccc(C)o1)CCC2. The molecule has 0 radical (unpaired) electrons. The highest BCUT2D eigenvalue weighted by atomic mass is 16.3. The van der Waals surface area contributed by atoms with Gasteiger partial charge < -0.3 is 19.2 Å². The van der Waals surface area contributed by atoms with E-state index in [0.717, 1.165) is 42.4 Å². The van der Waals surface area contributed by atoms with Gasteiger partial charge in [-0.2, -0.15) is 0 Å². The molecule has 3 heterocycles. The van der Waals surface area contributed by atoms with Crippen LogP contribution in [0.25, 0.3) is 0 Å². The summed E-state index contributed by atoms with van der Waals surface area (Å²) in [4.78, 5) is 18.5. The molecule has 124 valence electrons. The molecule has 1 unspecified atom stereocenters. The molecule has 0 fully saturated rings. The molecule has 23 heavy (non-hydrogen) atoms. The summed E-state index contributed by atoms with van der Waals surface area (Å²) in [5.41, 5.74) is 1.04. The van der Waals surface area contributed by atoms with E-state index in [9.17, 15) is 4.79 Å². The van der Waals surface area contributed by atoms with Crippen LogP contribution >= 0.6 is 0 Å². The van der Waals surface area contributed by atoms with Gasteiger partial charge in [-0.1, -0.05) is 0 Å². The molecule has 0 aliphatic carbocycles. The van der Waals surface area contributed by atoms with Crippen molar-refractivity contribution in [1.29, 1.82) is 0 Å². The van der Waals surface area contributed by atoms with Gasteiger partial charge >= 0.3 is 6.03 Å². The number of hydrogen-bond acceptors (Lipinski definition) is 3. The van der Waals surface area contributed by atoms with Crippen molar-refractivity contribution in [2.24, 2.45) is 0 Å². The summed E-state index contributed by atoms with van der Waals surface area (Å²) in [5, 5.41) is 3.02. The maximum atomic E-state index is 12.3. The van der Waals surface area contributed by atoms with Crippen LogP contribution in [0, 0.1) is 13.8 Å². The van der Waals surface area contributed by atoms with E-state index in [1.165, 1.54) is 0 Å². The largest absolute Gasteiger partial charge is 0.464 e. The average molecular weight is 316 g/mol. The van der Waals surface area contributed by atoms with Crippen LogP contribution in [0.15, 0.2) is 22.7 Å². The number of imidazole rings is 1. The standard InChI is InChI=1S/C17H24N4O2/c1-12-10-21-8-4-5-14(16(21)19-12)9-18-17(22)20(3)11-15-7-6-13(2)23-15/h6-7,10,14H,4-5,8-9,11H2,1-3H3,(H,18,22). The Labute approximate surface area is 136 Å². The molecule has 1 aliphatic rings. The molecule has 2 amide bonds. The fourth-order valence-electron chi connectivity index (χ4n) is 3.12. The fourth-order valence-corrected chi connectivity index (χ4v) is 3.12. The van der Waals surface area contributed by atoms with Gasteiger partial charge in [-0.25, -0.2) is 9.78 Å². The summed E-state index contributed by atoms with van der Waals surface area (Å²) in [5.74, 6) is 3.04. The lowest BCUT2D eigenvalue weighted by Crippen LogP contribution is -2.39. The van der Waals surface area contributed by atoms with Crippen molar-refractivity contribution in [3.63, 3.8) is 0 Å². The summed E-state index contributed by atoms with van der Waals surface area (Å²) in [6, 6.07) is 3.73. The van der Waals surface area contributed by atoms with Crippen molar-refractivity contribution in [1.82, 2.24) is 19.8 Å². The van der Waals surface area contributed by atoms with Crippen LogP contribution in [-0.2, 0) is 13.1 Å². The Kier molecular flexibility index (Phi) is 4.41. The molecule has 0 saturated heterocycles. The number of nitrogens with one attached hydrogen (secondary N) is 1. The molecular formula is C17H24N4O2. The van der Waals surface area contributed by atoms with Gasteiger partial charge in [-0.3, -0.25) is 0 Å². The van der Waals surface area contributed by atoms with E-state index in [-0.39, 0.29) is 6.03 Å². The molecular weight excluding hydrogens is 292 g/mol. The minimum atomic E-state index is -0.0838. The third kappa shape index (κ3) is 3.57. The zero-order chi connectivity index (χ0) is 16.4. The Hall–Kier alpha value is -2.24. The van der Waals surface area contributed by atoms with Crippen molar-refractivity contribution in [3.8, 4) is 0 Å². The van der Waals surface area contributed by atoms with Gasteiger partial charge in [0.25, 0.3) is 0 Å². The average Bonchev–Trinajstić information content (AvgIpc) is 3.09. The highest BCUT2D eigenvalue weighted by Crippen LogP contribution is 2.26. The zero-order valence-electron chi connectivity index (χ0n) is 14.0. The van der Waals surface area contributed by atoms with Crippen molar-refractivity contribution in [3.05, 3.63) is 41.4 Å². The smallest absolute Gasteiger partial charge is 0.317 e. The van der Waals surface area contributed by atoms with Gasteiger partial charge in [0, 0.05) is 32.3 Å². The normalized spacial score (nSPS) is 16.9. The maximum Gasteiger partial charge on any atom is 0.317 e. The Morgan fingerprint density at radius 2 is 2.30 bits per heavy atom. The highest BCUT2D eigenvalue weighted by molar-refractivity contribution is 5.73. The van der Waals surface area contributed by atoms with Crippen LogP contribution in [0.5, 0.6) is 0 Å². The lowest BCUT2D eigenvalue weighted by atomic mass is 9.99. The highest BCUT2D eigenvalue weighted by Gasteiger charge is 2.23. The number of hydrogen-bond donors (Lipinski definition) is 1. The number of carbonyl (C=O) groups excluding carboxylic acids is 1. The van der Waals surface area contributed by atoms with Crippen molar-refractivity contribution >= 4 is 6.03 Å². The maximum absolute atomic E-state index is 12.3. The van der Waals surface area contributed by atoms with Gasteiger partial charge in [0.15, 0.2) is 0 Å². The molecule has 6 heteroatoms. The lowest BCUT2D eigenvalue weighted by molar-refractivity contribution is 0.201. The molecule has 0 aromatic carbocycles. The molecule has 3 rings (SSSR count). The molecule has 2 aromatic heterocycles. The van der Waals surface area contributed by atoms with Crippen molar-refractivity contribution in [2.45, 2.75) is 45.7 Å². The summed E-state index contributed by atoms with van der Waals surface area (Å²) in [7, 11) is 1.78. The summed E-state index contributed by atoms with van der Waals surface area (Å²) < 4.78 is 7.73. The molecule has 2 aromatic rings. The number of rotatable bonds is 4. The molecule has 1 N–H and O–H groups in total. The number of fused-ring (bicyclic) bond motifs is 1. The Morgan fingerprint density at radius 3 is 3.04 bits per heavy atom. The van der Waals surface area contributed by atoms with Crippen LogP contribution in [-0.4, -0.2) is 34.1 Å². The van der Waals surface area contributed by atoms with E-state index in [1.807, 2.05) is 26.0 Å². The predicted molar refractivity (Wildman–Crippen MR) is 87.2 cm³/mol. The number of aryl methyl sites for hydroxylation is 3. The van der Waals surface area contributed by atoms with Gasteiger partial charge in [0.05, 0.1) is 12.2 Å². The van der Waals surface area contributed by atoms with Gasteiger partial charge in [-0.15, -0.1) is 0 Å². The Morgan fingerprint density at radius 1 is 1.48 bits per heavy atom. The third-order valence-electron chi connectivity index (χ3n) is 4.28. The first kappa shape index (κ1) is 15.6. The van der Waals surface area contributed by atoms with Crippen LogP contribution in [0.3, 0.4) is 0 Å². The second-order valence-electron chi connectivity index (χ2n) is 6.33. The minimum absolute atomic E-state index is 0.0838. The molecule has 0 spiro atoms. The van der Waals surface area contributed by atoms with Crippen LogP contribution in [0.1, 0.15) is 41.8 Å². The molecule has 1 aliphatic heterocycles. The molecule has 1 atom stereocenters. The monoisotopic (exact) mass is 316 g/mol. The van der Waals surface area contributed by atoms with E-state index >= 15 is 0 Å². The molecule has 0 saturated carbocycles. The molecule has 6 nitrogen and oxygen atoms in total. The second kappa shape index (κ2) is 6.48. The quantitative estimate of drug-likeness (QED) is 0.943. The van der Waals surface area contributed by atoms with E-state index in [1.54, 1.807) is 11.9 Å². The van der Waals surface area contributed by atoms with Crippen molar-refractivity contribution in [2.75, 3.05) is 13.6 Å². The summed E-state index contributed by atoms with van der Waals surface area (Å²) in [6.45, 7) is 6.03. The van der Waals surface area contributed by atoms with Crippen LogP contribution < -0.4 is 5.32 Å². The molecule has 0 bridgehead atoms. The van der Waals surface area contributed by atoms with E-state index in [0.29, 0.717) is 19.0 Å². The number of furan rings is 1. The Balaban J connectivity index is 1.55. The minimum Gasteiger partial charge on any atom is -0.464 e. The van der Waals surface area contributed by atoms with E-state index in [4.69, 9.17) is 4.42 Å². The number of amides is 2. The third-order valence-corrected chi connectivity index (χ3v) is 4.28. The van der Waals surface area contributed by atoms with Crippen molar-refractivity contribution < 1.29 is 9.21 Å². The zero-order valence-corrected chi connectivity index (χ0v) is 14.0. The van der Waals surface area contributed by atoms with Gasteiger partial charge in [0.2, 0.25) is 0 Å². The first-order valence-electron chi connectivity index (χ1n) is 8.11. The Bertz CT molecular complexity index is 689.